The molecule has 2 aromatic heterocycles. The maximum atomic E-state index is 11.5. The van der Waals surface area contributed by atoms with Gasteiger partial charge < -0.3 is 20.7 Å². The summed E-state index contributed by atoms with van der Waals surface area (Å²) in [5.41, 5.74) is 2.17. The molecule has 8 nitrogen and oxygen atoms in total. The molecule has 0 aliphatic carbocycles. The van der Waals surface area contributed by atoms with E-state index in [1.807, 2.05) is 30.5 Å². The van der Waals surface area contributed by atoms with Crippen molar-refractivity contribution >= 4 is 46.5 Å². The van der Waals surface area contributed by atoms with E-state index in [0.29, 0.717) is 23.3 Å². The van der Waals surface area contributed by atoms with E-state index in [9.17, 15) is 4.79 Å². The van der Waals surface area contributed by atoms with Gasteiger partial charge in [0.2, 0.25) is 17.7 Å². The first-order chi connectivity index (χ1) is 14.1. The molecule has 1 aromatic carbocycles. The van der Waals surface area contributed by atoms with Crippen LogP contribution in [0, 0.1) is 0 Å². The van der Waals surface area contributed by atoms with Crippen LogP contribution in [0.5, 0.6) is 5.88 Å². The molecule has 2 heterocycles. The van der Waals surface area contributed by atoms with Crippen molar-refractivity contribution in [2.75, 3.05) is 29.3 Å². The Bertz CT molecular complexity index is 1010. The molecule has 0 atom stereocenters. The van der Waals surface area contributed by atoms with E-state index in [1.54, 1.807) is 31.6 Å². The molecule has 1 amide bonds. The van der Waals surface area contributed by atoms with Crippen molar-refractivity contribution in [2.45, 2.75) is 4.90 Å². The first kappa shape index (κ1) is 20.2. The molecule has 29 heavy (non-hydrogen) atoms. The summed E-state index contributed by atoms with van der Waals surface area (Å²) in [5, 5.41) is 9.13. The molecular weight excluding hydrogens is 388 g/mol. The zero-order valence-corrected chi connectivity index (χ0v) is 16.8. The van der Waals surface area contributed by atoms with E-state index in [2.05, 4.69) is 37.5 Å². The summed E-state index contributed by atoms with van der Waals surface area (Å²) in [6.45, 7) is 3.46. The first-order valence-electron chi connectivity index (χ1n) is 8.60. The molecule has 148 valence electrons. The number of methoxy groups -OCH3 is 1. The van der Waals surface area contributed by atoms with Crippen molar-refractivity contribution in [3.8, 4) is 5.88 Å². The average Bonchev–Trinajstić information content (AvgIpc) is 2.75. The lowest BCUT2D eigenvalue weighted by atomic mass is 10.2. The van der Waals surface area contributed by atoms with Crippen LogP contribution in [0.3, 0.4) is 0 Å². The van der Waals surface area contributed by atoms with Gasteiger partial charge in [-0.25, -0.2) is 9.97 Å². The molecular formula is C20H20N6O2S. The van der Waals surface area contributed by atoms with Gasteiger partial charge in [-0.15, -0.1) is 11.8 Å². The van der Waals surface area contributed by atoms with E-state index >= 15 is 0 Å². The Balaban J connectivity index is 1.81. The van der Waals surface area contributed by atoms with Crippen molar-refractivity contribution in [3.63, 3.8) is 0 Å². The van der Waals surface area contributed by atoms with Crippen molar-refractivity contribution in [1.29, 1.82) is 0 Å². The lowest BCUT2D eigenvalue weighted by molar-refractivity contribution is -0.111. The van der Waals surface area contributed by atoms with Crippen molar-refractivity contribution in [1.82, 2.24) is 15.0 Å². The summed E-state index contributed by atoms with van der Waals surface area (Å²) >= 11 is 1.53. The number of hydrogen-bond acceptors (Lipinski definition) is 8. The molecule has 0 spiro atoms. The van der Waals surface area contributed by atoms with Crippen LogP contribution in [0.2, 0.25) is 0 Å². The zero-order valence-electron chi connectivity index (χ0n) is 16.0. The summed E-state index contributed by atoms with van der Waals surface area (Å²) in [5.74, 6) is 1.32. The highest BCUT2D eigenvalue weighted by molar-refractivity contribution is 7.98. The van der Waals surface area contributed by atoms with Crippen LogP contribution < -0.4 is 20.7 Å². The molecule has 0 bridgehead atoms. The number of carbonyl (C=O) groups excluding carboxylic acids is 1. The third-order valence-corrected chi connectivity index (χ3v) is 4.49. The van der Waals surface area contributed by atoms with Crippen LogP contribution in [0.15, 0.2) is 66.3 Å². The maximum Gasteiger partial charge on any atom is 0.247 e. The highest BCUT2D eigenvalue weighted by Crippen LogP contribution is 2.28. The van der Waals surface area contributed by atoms with E-state index < -0.39 is 0 Å². The molecule has 0 saturated carbocycles. The second kappa shape index (κ2) is 9.56. The van der Waals surface area contributed by atoms with E-state index in [1.165, 1.54) is 17.8 Å². The normalized spacial score (nSPS) is 10.1. The van der Waals surface area contributed by atoms with Crippen LogP contribution in [0.25, 0.3) is 0 Å². The lowest BCUT2D eigenvalue weighted by Gasteiger charge is -2.13. The minimum atomic E-state index is -0.270. The Morgan fingerprint density at radius 1 is 1.10 bits per heavy atom. The topological polar surface area (TPSA) is 101 Å². The standard InChI is InChI=1S/C20H20N6O2S/c1-4-17(27)23-13-6-5-7-14(10-13)24-19-16(29-3)12-22-20(26-19)25-15-8-9-18(28-2)21-11-15/h4-12H,1H2,2-3H3,(H,23,27)(H2,22,24,25,26). The molecule has 3 aromatic rings. The Morgan fingerprint density at radius 3 is 2.62 bits per heavy atom. The second-order valence-electron chi connectivity index (χ2n) is 5.72. The van der Waals surface area contributed by atoms with E-state index in [4.69, 9.17) is 4.74 Å². The summed E-state index contributed by atoms with van der Waals surface area (Å²) in [4.78, 5) is 25.5. The van der Waals surface area contributed by atoms with Crippen LogP contribution in [-0.2, 0) is 4.79 Å². The average molecular weight is 408 g/mol. The Hall–Kier alpha value is -3.59. The molecule has 0 fully saturated rings. The number of benzene rings is 1. The zero-order chi connectivity index (χ0) is 20.6. The second-order valence-corrected chi connectivity index (χ2v) is 6.57. The lowest BCUT2D eigenvalue weighted by Crippen LogP contribution is -2.07. The van der Waals surface area contributed by atoms with Crippen molar-refractivity contribution in [2.24, 2.45) is 0 Å². The number of aromatic nitrogens is 3. The highest BCUT2D eigenvalue weighted by atomic mass is 32.2. The number of nitrogens with zero attached hydrogens (tertiary/aromatic N) is 3. The third kappa shape index (κ3) is 5.45. The largest absolute Gasteiger partial charge is 0.481 e. The molecule has 9 heteroatoms. The Labute approximate surface area is 172 Å². The molecule has 0 radical (unpaired) electrons. The number of ether oxygens (including phenoxy) is 1. The monoisotopic (exact) mass is 408 g/mol. The molecule has 0 aliphatic heterocycles. The minimum Gasteiger partial charge on any atom is -0.481 e. The van der Waals surface area contributed by atoms with Gasteiger partial charge in [-0.1, -0.05) is 12.6 Å². The first-order valence-corrected chi connectivity index (χ1v) is 9.82. The summed E-state index contributed by atoms with van der Waals surface area (Å²) < 4.78 is 5.06. The predicted octanol–water partition coefficient (Wildman–Crippen LogP) is 4.21. The fourth-order valence-electron chi connectivity index (χ4n) is 2.38. The van der Waals surface area contributed by atoms with E-state index in [0.717, 1.165) is 16.3 Å². The molecule has 0 aliphatic rings. The number of pyridine rings is 1. The Kier molecular flexibility index (Phi) is 6.64. The number of carbonyl (C=O) groups is 1. The van der Waals surface area contributed by atoms with Crippen LogP contribution >= 0.6 is 11.8 Å². The van der Waals surface area contributed by atoms with Crippen LogP contribution in [0.4, 0.5) is 28.8 Å². The van der Waals surface area contributed by atoms with Crippen molar-refractivity contribution < 1.29 is 9.53 Å². The van der Waals surface area contributed by atoms with E-state index in [-0.39, 0.29) is 5.91 Å². The number of hydrogen-bond donors (Lipinski definition) is 3. The Morgan fingerprint density at radius 2 is 1.93 bits per heavy atom. The fourth-order valence-corrected chi connectivity index (χ4v) is 2.83. The van der Waals surface area contributed by atoms with Gasteiger partial charge in [0, 0.05) is 23.6 Å². The third-order valence-electron chi connectivity index (χ3n) is 3.75. The SMILES string of the molecule is C=CC(=O)Nc1cccc(Nc2nc(Nc3ccc(OC)nc3)ncc2SC)c1. The van der Waals surface area contributed by atoms with Gasteiger partial charge in [-0.2, -0.15) is 4.98 Å². The summed E-state index contributed by atoms with van der Waals surface area (Å²) in [7, 11) is 1.56. The van der Waals surface area contributed by atoms with Crippen LogP contribution in [0.1, 0.15) is 0 Å². The van der Waals surface area contributed by atoms with Gasteiger partial charge in [0.15, 0.2) is 0 Å². The number of anilines is 5. The number of amides is 1. The quantitative estimate of drug-likeness (QED) is 0.376. The van der Waals surface area contributed by atoms with Gasteiger partial charge in [-0.3, -0.25) is 4.79 Å². The molecule has 3 rings (SSSR count). The van der Waals surface area contributed by atoms with Crippen LogP contribution in [-0.4, -0.2) is 34.2 Å². The molecule has 0 saturated heterocycles. The maximum absolute atomic E-state index is 11.5. The summed E-state index contributed by atoms with van der Waals surface area (Å²) in [6, 6.07) is 10.9. The predicted molar refractivity (Wildman–Crippen MR) is 116 cm³/mol. The highest BCUT2D eigenvalue weighted by Gasteiger charge is 2.09. The molecule has 3 N–H and O–H groups in total. The number of thioether (sulfide) groups is 1. The van der Waals surface area contributed by atoms with Gasteiger partial charge >= 0.3 is 0 Å². The summed E-state index contributed by atoms with van der Waals surface area (Å²) in [6.07, 6.45) is 6.56. The fraction of sp³-hybridized carbons (Fsp3) is 0.100. The van der Waals surface area contributed by atoms with Gasteiger partial charge in [0.25, 0.3) is 0 Å². The van der Waals surface area contributed by atoms with Gasteiger partial charge in [-0.05, 0) is 36.6 Å². The van der Waals surface area contributed by atoms with Gasteiger partial charge in [0.05, 0.1) is 23.9 Å². The number of rotatable bonds is 8. The minimum absolute atomic E-state index is 0.270. The number of nitrogens with one attached hydrogen (secondary N) is 3. The van der Waals surface area contributed by atoms with Crippen molar-refractivity contribution in [3.05, 3.63) is 61.4 Å². The van der Waals surface area contributed by atoms with Gasteiger partial charge in [0.1, 0.15) is 5.82 Å². The molecule has 0 unspecified atom stereocenters. The smallest absolute Gasteiger partial charge is 0.247 e.